The summed E-state index contributed by atoms with van der Waals surface area (Å²) in [6.07, 6.45) is -0.762. The summed E-state index contributed by atoms with van der Waals surface area (Å²) in [5.41, 5.74) is 1.90. The predicted octanol–water partition coefficient (Wildman–Crippen LogP) is 2.95. The van der Waals surface area contributed by atoms with Crippen LogP contribution in [0.4, 0.5) is 4.79 Å². The number of carboxylic acids is 1. The Hall–Kier alpha value is -3.02. The molecule has 0 bridgehead atoms. The number of hydrogen-bond donors (Lipinski definition) is 2. The number of alkyl carbamates (subject to hydrolysis) is 1. The van der Waals surface area contributed by atoms with Crippen LogP contribution in [0.5, 0.6) is 0 Å². The Morgan fingerprint density at radius 1 is 1.09 bits per heavy atom. The summed E-state index contributed by atoms with van der Waals surface area (Å²) in [6, 6.07) is 14.7. The maximum Gasteiger partial charge on any atom is 0.409 e. The van der Waals surface area contributed by atoms with E-state index in [0.717, 1.165) is 21.8 Å². The number of para-hydroxylation sites is 2. The molecular weight excluding hydrogens is 296 g/mol. The largest absolute Gasteiger partial charge is 0.480 e. The molecule has 2 N–H and O–H groups in total. The highest BCUT2D eigenvalue weighted by molar-refractivity contribution is 6.07. The monoisotopic (exact) mass is 312 g/mol. The Balaban J connectivity index is 1.87. The van der Waals surface area contributed by atoms with Crippen molar-refractivity contribution in [2.24, 2.45) is 0 Å². The van der Waals surface area contributed by atoms with Crippen LogP contribution in [0.15, 0.2) is 48.5 Å². The number of carboxylic acid groups (broad SMARTS) is 1. The number of hydrogen-bond acceptors (Lipinski definition) is 3. The quantitative estimate of drug-likeness (QED) is 0.776. The van der Waals surface area contributed by atoms with E-state index in [1.54, 1.807) is 0 Å². The van der Waals surface area contributed by atoms with Crippen LogP contribution in [-0.4, -0.2) is 27.8 Å². The minimum Gasteiger partial charge on any atom is -0.480 e. The third kappa shape index (κ3) is 2.83. The molecule has 6 nitrogen and oxygen atoms in total. The molecule has 1 aromatic heterocycles. The van der Waals surface area contributed by atoms with Crippen LogP contribution in [0.3, 0.4) is 0 Å². The van der Waals surface area contributed by atoms with Gasteiger partial charge in [0.15, 0.2) is 6.73 Å². The van der Waals surface area contributed by atoms with Crippen LogP contribution < -0.4 is 5.32 Å². The number of aromatic nitrogens is 1. The summed E-state index contributed by atoms with van der Waals surface area (Å²) >= 11 is 0. The van der Waals surface area contributed by atoms with Crippen LogP contribution in [0.2, 0.25) is 0 Å². The first kappa shape index (κ1) is 14.9. The molecule has 23 heavy (non-hydrogen) atoms. The summed E-state index contributed by atoms with van der Waals surface area (Å²) in [5.74, 6) is -1.11. The lowest BCUT2D eigenvalue weighted by Crippen LogP contribution is -2.38. The molecule has 1 unspecified atom stereocenters. The van der Waals surface area contributed by atoms with Gasteiger partial charge in [-0.2, -0.15) is 0 Å². The molecule has 2 aromatic carbocycles. The lowest BCUT2D eigenvalue weighted by Gasteiger charge is -2.12. The van der Waals surface area contributed by atoms with Gasteiger partial charge in [0.25, 0.3) is 0 Å². The van der Waals surface area contributed by atoms with Gasteiger partial charge in [-0.25, -0.2) is 4.79 Å². The molecule has 0 radical (unpaired) electrons. The summed E-state index contributed by atoms with van der Waals surface area (Å²) in [6.45, 7) is 1.39. The second kappa shape index (κ2) is 6.00. The normalized spacial score (nSPS) is 12.2. The zero-order valence-electron chi connectivity index (χ0n) is 12.5. The summed E-state index contributed by atoms with van der Waals surface area (Å²) in [4.78, 5) is 22.5. The van der Waals surface area contributed by atoms with Crippen LogP contribution in [0.25, 0.3) is 21.8 Å². The maximum absolute atomic E-state index is 11.7. The van der Waals surface area contributed by atoms with E-state index >= 15 is 0 Å². The topological polar surface area (TPSA) is 80.6 Å². The van der Waals surface area contributed by atoms with Crippen LogP contribution in [0.1, 0.15) is 6.92 Å². The third-order valence-corrected chi connectivity index (χ3v) is 3.71. The smallest absolute Gasteiger partial charge is 0.409 e. The first-order valence-corrected chi connectivity index (χ1v) is 7.20. The van der Waals surface area contributed by atoms with Gasteiger partial charge in [-0.15, -0.1) is 0 Å². The van der Waals surface area contributed by atoms with Gasteiger partial charge in [-0.3, -0.25) is 4.79 Å². The number of amides is 1. The molecule has 118 valence electrons. The molecule has 0 saturated carbocycles. The van der Waals surface area contributed by atoms with Gasteiger partial charge < -0.3 is 19.7 Å². The minimum atomic E-state index is -1.11. The Morgan fingerprint density at radius 2 is 1.61 bits per heavy atom. The first-order valence-electron chi connectivity index (χ1n) is 7.20. The van der Waals surface area contributed by atoms with Crippen molar-refractivity contribution in [3.8, 4) is 0 Å². The number of fused-ring (bicyclic) bond motifs is 3. The number of carbonyl (C=O) groups is 2. The number of benzene rings is 2. The summed E-state index contributed by atoms with van der Waals surface area (Å²) in [7, 11) is 0. The maximum atomic E-state index is 11.7. The molecular formula is C17H16N2O4. The van der Waals surface area contributed by atoms with Crippen LogP contribution in [-0.2, 0) is 16.3 Å². The third-order valence-electron chi connectivity index (χ3n) is 3.71. The van der Waals surface area contributed by atoms with Crippen molar-refractivity contribution in [2.75, 3.05) is 0 Å². The molecule has 0 aliphatic heterocycles. The van der Waals surface area contributed by atoms with E-state index in [-0.39, 0.29) is 6.73 Å². The average Bonchev–Trinajstić information content (AvgIpc) is 2.87. The Kier molecular flexibility index (Phi) is 3.89. The van der Waals surface area contributed by atoms with Gasteiger partial charge in [0.1, 0.15) is 6.04 Å². The van der Waals surface area contributed by atoms with Gasteiger partial charge in [-0.05, 0) is 19.1 Å². The zero-order chi connectivity index (χ0) is 16.4. The molecule has 0 aliphatic carbocycles. The summed E-state index contributed by atoms with van der Waals surface area (Å²) in [5, 5.41) is 13.2. The number of carbonyl (C=O) groups excluding carboxylic acids is 1. The Morgan fingerprint density at radius 3 is 2.13 bits per heavy atom. The standard InChI is InChI=1S/C17H16N2O4/c1-11(16(20)21)18-17(22)23-10-19-14-8-4-2-6-12(14)13-7-3-5-9-15(13)19/h2-9,11H,10H2,1H3,(H,18,22)(H,20,21). The van der Waals surface area contributed by atoms with Crippen molar-refractivity contribution >= 4 is 33.9 Å². The highest BCUT2D eigenvalue weighted by Crippen LogP contribution is 2.28. The Labute approximate surface area is 132 Å². The zero-order valence-corrected chi connectivity index (χ0v) is 12.5. The molecule has 6 heteroatoms. The average molecular weight is 312 g/mol. The number of aliphatic carboxylic acids is 1. The number of ether oxygens (including phenoxy) is 1. The van der Waals surface area contributed by atoms with Gasteiger partial charge in [-0.1, -0.05) is 36.4 Å². The van der Waals surface area contributed by atoms with Crippen molar-refractivity contribution in [1.29, 1.82) is 0 Å². The van der Waals surface area contributed by atoms with Gasteiger partial charge in [0.2, 0.25) is 0 Å². The van der Waals surface area contributed by atoms with Crippen molar-refractivity contribution < 1.29 is 19.4 Å². The van der Waals surface area contributed by atoms with E-state index in [1.807, 2.05) is 53.1 Å². The van der Waals surface area contributed by atoms with Crippen LogP contribution >= 0.6 is 0 Å². The lowest BCUT2D eigenvalue weighted by molar-refractivity contribution is -0.138. The molecule has 0 saturated heterocycles. The van der Waals surface area contributed by atoms with Crippen LogP contribution in [0, 0.1) is 0 Å². The molecule has 0 spiro atoms. The van der Waals surface area contributed by atoms with E-state index in [1.165, 1.54) is 6.92 Å². The van der Waals surface area contributed by atoms with Crippen molar-refractivity contribution in [3.05, 3.63) is 48.5 Å². The number of rotatable bonds is 4. The molecule has 1 heterocycles. The molecule has 3 aromatic rings. The van der Waals surface area contributed by atoms with E-state index < -0.39 is 18.1 Å². The van der Waals surface area contributed by atoms with Crippen molar-refractivity contribution in [1.82, 2.24) is 9.88 Å². The SMILES string of the molecule is CC(NC(=O)OCn1c2ccccc2c2ccccc21)C(=O)O. The molecule has 3 rings (SSSR count). The fourth-order valence-corrected chi connectivity index (χ4v) is 2.55. The molecule has 1 atom stereocenters. The Bertz CT molecular complexity index is 831. The first-order chi connectivity index (χ1) is 11.1. The molecule has 0 fully saturated rings. The predicted molar refractivity (Wildman–Crippen MR) is 86.2 cm³/mol. The van der Waals surface area contributed by atoms with E-state index in [2.05, 4.69) is 5.32 Å². The van der Waals surface area contributed by atoms with E-state index in [9.17, 15) is 9.59 Å². The second-order valence-electron chi connectivity index (χ2n) is 5.23. The van der Waals surface area contributed by atoms with E-state index in [0.29, 0.717) is 0 Å². The molecule has 0 aliphatic rings. The fraction of sp³-hybridized carbons (Fsp3) is 0.176. The highest BCUT2D eigenvalue weighted by atomic mass is 16.6. The van der Waals surface area contributed by atoms with E-state index in [4.69, 9.17) is 9.84 Å². The van der Waals surface area contributed by atoms with Crippen molar-refractivity contribution in [3.63, 3.8) is 0 Å². The van der Waals surface area contributed by atoms with Crippen molar-refractivity contribution in [2.45, 2.75) is 19.7 Å². The second-order valence-corrected chi connectivity index (χ2v) is 5.23. The number of nitrogens with zero attached hydrogens (tertiary/aromatic N) is 1. The summed E-state index contributed by atoms with van der Waals surface area (Å²) < 4.78 is 7.06. The fourth-order valence-electron chi connectivity index (χ4n) is 2.55. The van der Waals surface area contributed by atoms with Gasteiger partial charge >= 0.3 is 12.1 Å². The minimum absolute atomic E-state index is 0.00615. The molecule has 1 amide bonds. The number of nitrogens with one attached hydrogen (secondary N) is 1. The highest BCUT2D eigenvalue weighted by Gasteiger charge is 2.16. The lowest BCUT2D eigenvalue weighted by atomic mass is 10.2. The van der Waals surface area contributed by atoms with Gasteiger partial charge in [0.05, 0.1) is 11.0 Å². The van der Waals surface area contributed by atoms with Gasteiger partial charge in [0, 0.05) is 10.8 Å².